The molecule has 0 aromatic heterocycles. The van der Waals surface area contributed by atoms with Crippen LogP contribution in [0.2, 0.25) is 0 Å². The summed E-state index contributed by atoms with van der Waals surface area (Å²) in [4.78, 5) is 33.5. The summed E-state index contributed by atoms with van der Waals surface area (Å²) in [6.07, 6.45) is 0. The number of methoxy groups -OCH3 is 3. The van der Waals surface area contributed by atoms with Gasteiger partial charge in [-0.3, -0.25) is 19.9 Å². The molecule has 1 aromatic rings. The lowest BCUT2D eigenvalue weighted by molar-refractivity contribution is -0.140. The Morgan fingerprint density at radius 1 is 1.19 bits per heavy atom. The number of benzene rings is 1. The van der Waals surface area contributed by atoms with Gasteiger partial charge in [0, 0.05) is 0 Å². The summed E-state index contributed by atoms with van der Waals surface area (Å²) in [7, 11) is 4.41. The number of likely N-dealkylation sites (tertiary alicyclic amines) is 1. The van der Waals surface area contributed by atoms with Crippen LogP contribution in [0.3, 0.4) is 0 Å². The SMILES string of the molecule is COc1cc(CN2C(=O)C(=O)C3C(Cl)=NC(=N)N=C32)c(Br)c(OC)c1OC. The summed E-state index contributed by atoms with van der Waals surface area (Å²) in [6, 6.07) is 1.65. The number of carbonyl (C=O) groups is 2. The van der Waals surface area contributed by atoms with E-state index in [2.05, 4.69) is 25.9 Å². The summed E-state index contributed by atoms with van der Waals surface area (Å²) in [5.74, 6) is -1.74. The quantitative estimate of drug-likeness (QED) is 0.679. The third-order valence-corrected chi connectivity index (χ3v) is 5.27. The van der Waals surface area contributed by atoms with Gasteiger partial charge in [0.25, 0.3) is 5.91 Å². The number of hydrogen-bond acceptors (Lipinski definition) is 6. The Bertz CT molecular complexity index is 930. The van der Waals surface area contributed by atoms with Gasteiger partial charge in [0.05, 0.1) is 32.3 Å². The molecule has 9 nitrogen and oxygen atoms in total. The highest BCUT2D eigenvalue weighted by atomic mass is 79.9. The molecule has 3 rings (SSSR count). The zero-order valence-electron chi connectivity index (χ0n) is 14.5. The van der Waals surface area contributed by atoms with Gasteiger partial charge in [0.2, 0.25) is 17.5 Å². The van der Waals surface area contributed by atoms with Crippen molar-refractivity contribution >= 4 is 56.2 Å². The lowest BCUT2D eigenvalue weighted by Gasteiger charge is -2.22. The second-order valence-corrected chi connectivity index (χ2v) is 6.72. The molecule has 0 spiro atoms. The Kier molecular flexibility index (Phi) is 5.20. The Morgan fingerprint density at radius 2 is 1.85 bits per heavy atom. The number of guanidine groups is 1. The molecule has 1 saturated heterocycles. The number of nitrogens with zero attached hydrogens (tertiary/aromatic N) is 3. The van der Waals surface area contributed by atoms with Gasteiger partial charge in [-0.05, 0) is 27.6 Å². The summed E-state index contributed by atoms with van der Waals surface area (Å²) < 4.78 is 16.5. The van der Waals surface area contributed by atoms with Gasteiger partial charge >= 0.3 is 0 Å². The van der Waals surface area contributed by atoms with Gasteiger partial charge in [-0.25, -0.2) is 4.99 Å². The van der Waals surface area contributed by atoms with Crippen LogP contribution in [-0.2, 0) is 16.1 Å². The molecule has 2 aliphatic heterocycles. The predicted octanol–water partition coefficient (Wildman–Crippen LogP) is 1.99. The number of rotatable bonds is 5. The summed E-state index contributed by atoms with van der Waals surface area (Å²) in [5.41, 5.74) is 0.583. The number of ether oxygens (including phenoxy) is 3. The molecule has 1 N–H and O–H groups in total. The maximum absolute atomic E-state index is 12.5. The van der Waals surface area contributed by atoms with Gasteiger partial charge in [-0.1, -0.05) is 11.6 Å². The van der Waals surface area contributed by atoms with Crippen molar-refractivity contribution in [1.29, 1.82) is 5.41 Å². The molecule has 1 aromatic carbocycles. The molecule has 1 unspecified atom stereocenters. The summed E-state index contributed by atoms with van der Waals surface area (Å²) in [5, 5.41) is 7.48. The first-order valence-electron chi connectivity index (χ1n) is 7.58. The highest BCUT2D eigenvalue weighted by Crippen LogP contribution is 2.45. The molecule has 1 fully saturated rings. The number of hydrogen-bond donors (Lipinski definition) is 1. The number of amides is 1. The molecular formula is C16H14BrClN4O5. The van der Waals surface area contributed by atoms with Crippen LogP contribution in [0.5, 0.6) is 17.2 Å². The van der Waals surface area contributed by atoms with Crippen LogP contribution in [0, 0.1) is 11.3 Å². The molecule has 1 atom stereocenters. The number of Topliss-reactive ketones (excluding diaryl/α,β-unsaturated/α-hetero) is 1. The van der Waals surface area contributed by atoms with Gasteiger partial charge in [0.1, 0.15) is 16.9 Å². The first-order chi connectivity index (χ1) is 12.8. The minimum Gasteiger partial charge on any atom is -0.493 e. The Labute approximate surface area is 167 Å². The van der Waals surface area contributed by atoms with E-state index in [9.17, 15) is 9.59 Å². The summed E-state index contributed by atoms with van der Waals surface area (Å²) >= 11 is 9.41. The van der Waals surface area contributed by atoms with Crippen molar-refractivity contribution < 1.29 is 23.8 Å². The Balaban J connectivity index is 2.06. The van der Waals surface area contributed by atoms with E-state index in [-0.39, 0.29) is 23.5 Å². The topological polar surface area (TPSA) is 114 Å². The van der Waals surface area contributed by atoms with Gasteiger partial charge < -0.3 is 14.2 Å². The maximum atomic E-state index is 12.5. The van der Waals surface area contributed by atoms with Crippen molar-refractivity contribution in [2.45, 2.75) is 6.54 Å². The van der Waals surface area contributed by atoms with Crippen molar-refractivity contribution in [3.63, 3.8) is 0 Å². The Hall–Kier alpha value is -2.46. The van der Waals surface area contributed by atoms with Crippen molar-refractivity contribution in [2.75, 3.05) is 21.3 Å². The van der Waals surface area contributed by atoms with E-state index in [1.807, 2.05) is 0 Å². The molecule has 27 heavy (non-hydrogen) atoms. The zero-order valence-corrected chi connectivity index (χ0v) is 16.8. The smallest absolute Gasteiger partial charge is 0.296 e. The number of ketones is 1. The fourth-order valence-electron chi connectivity index (χ4n) is 2.88. The predicted molar refractivity (Wildman–Crippen MR) is 101 cm³/mol. The van der Waals surface area contributed by atoms with Gasteiger partial charge in [-0.2, -0.15) is 4.99 Å². The monoisotopic (exact) mass is 456 g/mol. The summed E-state index contributed by atoms with van der Waals surface area (Å²) in [6.45, 7) is -0.0192. The molecule has 0 saturated carbocycles. The van der Waals surface area contributed by atoms with Crippen LogP contribution < -0.4 is 14.2 Å². The minimum atomic E-state index is -1.07. The molecule has 1 amide bonds. The van der Waals surface area contributed by atoms with Crippen LogP contribution in [0.4, 0.5) is 0 Å². The normalized spacial score (nSPS) is 18.9. The van der Waals surface area contributed by atoms with Crippen LogP contribution in [-0.4, -0.2) is 54.9 Å². The molecule has 0 bridgehead atoms. The molecular weight excluding hydrogens is 444 g/mol. The Morgan fingerprint density at radius 3 is 2.44 bits per heavy atom. The van der Waals surface area contributed by atoms with E-state index in [4.69, 9.17) is 31.2 Å². The number of nitrogens with one attached hydrogen (secondary N) is 1. The second-order valence-electron chi connectivity index (χ2n) is 5.54. The third kappa shape index (κ3) is 3.08. The van der Waals surface area contributed by atoms with Crippen molar-refractivity contribution in [2.24, 2.45) is 15.9 Å². The highest BCUT2D eigenvalue weighted by molar-refractivity contribution is 9.10. The molecule has 11 heteroatoms. The second kappa shape index (κ2) is 7.28. The van der Waals surface area contributed by atoms with Crippen molar-refractivity contribution in [3.8, 4) is 17.2 Å². The molecule has 142 valence electrons. The average Bonchev–Trinajstić information content (AvgIpc) is 2.87. The lowest BCUT2D eigenvalue weighted by atomic mass is 10.1. The van der Waals surface area contributed by atoms with Crippen molar-refractivity contribution in [3.05, 3.63) is 16.1 Å². The number of amidine groups is 1. The zero-order chi connectivity index (χ0) is 19.9. The molecule has 2 heterocycles. The first kappa shape index (κ1) is 19.3. The van der Waals surface area contributed by atoms with E-state index in [1.54, 1.807) is 6.07 Å². The van der Waals surface area contributed by atoms with E-state index >= 15 is 0 Å². The number of halogens is 2. The highest BCUT2D eigenvalue weighted by Gasteiger charge is 2.49. The molecule has 2 aliphatic rings. The third-order valence-electron chi connectivity index (χ3n) is 4.10. The van der Waals surface area contributed by atoms with Gasteiger partial charge in [0.15, 0.2) is 11.5 Å². The van der Waals surface area contributed by atoms with E-state index < -0.39 is 17.6 Å². The van der Waals surface area contributed by atoms with Crippen LogP contribution >= 0.6 is 27.5 Å². The van der Waals surface area contributed by atoms with E-state index in [0.717, 1.165) is 0 Å². The number of fused-ring (bicyclic) bond motifs is 1. The van der Waals surface area contributed by atoms with Crippen LogP contribution in [0.25, 0.3) is 0 Å². The lowest BCUT2D eigenvalue weighted by Crippen LogP contribution is -2.34. The molecule has 0 radical (unpaired) electrons. The van der Waals surface area contributed by atoms with Crippen molar-refractivity contribution in [1.82, 2.24) is 4.90 Å². The molecule has 0 aliphatic carbocycles. The number of aliphatic imine (C=N–C) groups is 2. The number of carbonyl (C=O) groups excluding carboxylic acids is 2. The standard InChI is InChI=1S/C16H14BrClN4O5/c1-25-7-4-6(9(17)12(27-3)11(7)26-2)5-22-14-8(10(23)15(22)24)13(18)20-16(19)21-14/h4,8,19H,5H2,1-3H3. The first-order valence-corrected chi connectivity index (χ1v) is 8.75. The van der Waals surface area contributed by atoms with Crippen LogP contribution in [0.15, 0.2) is 20.5 Å². The van der Waals surface area contributed by atoms with E-state index in [0.29, 0.717) is 27.3 Å². The van der Waals surface area contributed by atoms with E-state index in [1.165, 1.54) is 26.2 Å². The van der Waals surface area contributed by atoms with Crippen LogP contribution in [0.1, 0.15) is 5.56 Å². The van der Waals surface area contributed by atoms with Gasteiger partial charge in [-0.15, -0.1) is 0 Å². The largest absolute Gasteiger partial charge is 0.493 e. The maximum Gasteiger partial charge on any atom is 0.296 e. The minimum absolute atomic E-state index is 0.0192. The average molecular weight is 458 g/mol. The fourth-order valence-corrected chi connectivity index (χ4v) is 3.74. The fraction of sp³-hybridized carbons (Fsp3) is 0.312.